The van der Waals surface area contributed by atoms with Crippen molar-refractivity contribution in [1.29, 1.82) is 0 Å². The second-order valence-corrected chi connectivity index (χ2v) is 7.36. The molecule has 0 radical (unpaired) electrons. The van der Waals surface area contributed by atoms with Crippen LogP contribution in [0.25, 0.3) is 0 Å². The molecule has 0 amide bonds. The van der Waals surface area contributed by atoms with Gasteiger partial charge in [-0.05, 0) is 30.9 Å². The molecule has 2 N–H and O–H groups in total. The van der Waals surface area contributed by atoms with Gasteiger partial charge in [0.1, 0.15) is 5.82 Å². The smallest absolute Gasteiger partial charge is 0.241 e. The average Bonchev–Trinajstić information content (AvgIpc) is 2.99. The largest absolute Gasteiger partial charge is 0.370 e. The Bertz CT molecular complexity index is 669. The zero-order valence-electron chi connectivity index (χ0n) is 12.0. The molecule has 1 atom stereocenters. The van der Waals surface area contributed by atoms with Gasteiger partial charge in [-0.25, -0.2) is 18.1 Å². The molecule has 0 saturated carbocycles. The Morgan fingerprint density at radius 2 is 2.19 bits per heavy atom. The minimum Gasteiger partial charge on any atom is -0.370 e. The van der Waals surface area contributed by atoms with Gasteiger partial charge in [0.2, 0.25) is 10.0 Å². The van der Waals surface area contributed by atoms with Crippen LogP contribution in [0.2, 0.25) is 0 Å². The summed E-state index contributed by atoms with van der Waals surface area (Å²) < 4.78 is 27.5. The minimum absolute atomic E-state index is 0.222. The van der Waals surface area contributed by atoms with E-state index >= 15 is 0 Å². The van der Waals surface area contributed by atoms with E-state index in [1.165, 1.54) is 23.6 Å². The number of sulfonamides is 1. The number of thiophene rings is 1. The van der Waals surface area contributed by atoms with Crippen LogP contribution in [0.3, 0.4) is 0 Å². The molecule has 0 bridgehead atoms. The minimum atomic E-state index is -3.56. The maximum atomic E-state index is 12.4. The molecule has 0 saturated heterocycles. The fourth-order valence-corrected chi connectivity index (χ4v) is 3.87. The van der Waals surface area contributed by atoms with E-state index in [0.717, 1.165) is 17.8 Å². The Kier molecular flexibility index (Phi) is 5.33. The molecule has 0 aliphatic rings. The van der Waals surface area contributed by atoms with Crippen molar-refractivity contribution in [1.82, 2.24) is 9.71 Å². The molecule has 0 aliphatic carbocycles. The van der Waals surface area contributed by atoms with Gasteiger partial charge in [-0.15, -0.1) is 11.3 Å². The molecular weight excluding hydrogens is 306 g/mol. The van der Waals surface area contributed by atoms with Crippen molar-refractivity contribution in [2.45, 2.75) is 31.2 Å². The highest BCUT2D eigenvalue weighted by Crippen LogP contribution is 2.21. The Balaban J connectivity index is 2.15. The summed E-state index contributed by atoms with van der Waals surface area (Å²) in [7, 11) is -3.56. The first kappa shape index (κ1) is 15.9. The lowest BCUT2D eigenvalue weighted by molar-refractivity contribution is 0.568. The van der Waals surface area contributed by atoms with Crippen LogP contribution in [0.4, 0.5) is 5.82 Å². The van der Waals surface area contributed by atoms with Gasteiger partial charge in [0.05, 0.1) is 10.9 Å². The summed E-state index contributed by atoms with van der Waals surface area (Å²) in [5.41, 5.74) is 0. The summed E-state index contributed by atoms with van der Waals surface area (Å²) in [5, 5.41) is 5.02. The molecule has 0 aliphatic heterocycles. The van der Waals surface area contributed by atoms with Crippen molar-refractivity contribution in [2.24, 2.45) is 0 Å². The molecule has 2 aromatic heterocycles. The van der Waals surface area contributed by atoms with E-state index in [2.05, 4.69) is 15.0 Å². The van der Waals surface area contributed by atoms with Gasteiger partial charge in [-0.1, -0.05) is 13.0 Å². The van der Waals surface area contributed by atoms with Crippen LogP contribution in [0.5, 0.6) is 0 Å². The third-order valence-electron chi connectivity index (χ3n) is 2.90. The summed E-state index contributed by atoms with van der Waals surface area (Å²) >= 11 is 1.53. The second kappa shape index (κ2) is 7.02. The van der Waals surface area contributed by atoms with Crippen molar-refractivity contribution >= 4 is 27.2 Å². The zero-order valence-corrected chi connectivity index (χ0v) is 13.7. The number of hydrogen-bond acceptors (Lipinski definition) is 5. The van der Waals surface area contributed by atoms with Crippen molar-refractivity contribution in [3.63, 3.8) is 0 Å². The van der Waals surface area contributed by atoms with E-state index < -0.39 is 10.0 Å². The third kappa shape index (κ3) is 4.26. The highest BCUT2D eigenvalue weighted by atomic mass is 32.2. The van der Waals surface area contributed by atoms with Crippen LogP contribution < -0.4 is 10.0 Å². The van der Waals surface area contributed by atoms with Gasteiger partial charge < -0.3 is 5.32 Å². The molecule has 21 heavy (non-hydrogen) atoms. The first-order chi connectivity index (χ1) is 10.0. The van der Waals surface area contributed by atoms with Crippen LogP contribution in [0, 0.1) is 0 Å². The molecule has 2 aromatic rings. The van der Waals surface area contributed by atoms with E-state index in [1.807, 2.05) is 31.4 Å². The van der Waals surface area contributed by atoms with Crippen LogP contribution in [0.15, 0.2) is 40.7 Å². The summed E-state index contributed by atoms with van der Waals surface area (Å²) in [4.78, 5) is 5.32. The highest BCUT2D eigenvalue weighted by molar-refractivity contribution is 7.89. The zero-order chi connectivity index (χ0) is 15.3. The summed E-state index contributed by atoms with van der Waals surface area (Å²) in [6, 6.07) is 6.62. The normalized spacial score (nSPS) is 13.0. The first-order valence-electron chi connectivity index (χ1n) is 6.78. The van der Waals surface area contributed by atoms with E-state index in [0.29, 0.717) is 5.82 Å². The maximum Gasteiger partial charge on any atom is 0.241 e. The van der Waals surface area contributed by atoms with Gasteiger partial charge in [0.25, 0.3) is 0 Å². The van der Waals surface area contributed by atoms with Crippen molar-refractivity contribution < 1.29 is 8.42 Å². The molecule has 114 valence electrons. The molecule has 0 aromatic carbocycles. The molecule has 1 unspecified atom stereocenters. The third-order valence-corrected chi connectivity index (χ3v) is 5.49. The van der Waals surface area contributed by atoms with E-state index in [4.69, 9.17) is 0 Å². The van der Waals surface area contributed by atoms with Gasteiger partial charge in [0.15, 0.2) is 0 Å². The Hall–Kier alpha value is -1.44. The Morgan fingerprint density at radius 1 is 1.38 bits per heavy atom. The lowest BCUT2D eigenvalue weighted by Crippen LogP contribution is -2.26. The van der Waals surface area contributed by atoms with Crippen LogP contribution in [0.1, 0.15) is 31.2 Å². The lowest BCUT2D eigenvalue weighted by Gasteiger charge is -2.13. The van der Waals surface area contributed by atoms with Crippen molar-refractivity contribution in [3.8, 4) is 0 Å². The SMILES string of the molecule is CCCNc1cc(S(=O)(=O)NC(C)c2cccs2)ccn1. The van der Waals surface area contributed by atoms with Gasteiger partial charge in [0, 0.05) is 23.7 Å². The summed E-state index contributed by atoms with van der Waals surface area (Å²) in [6.45, 7) is 4.63. The standard InChI is InChI=1S/C14H19N3O2S2/c1-3-7-15-14-10-12(6-8-16-14)21(18,19)17-11(2)13-5-4-9-20-13/h4-6,8-11,17H,3,7H2,1-2H3,(H,15,16). The number of aromatic nitrogens is 1. The number of pyridine rings is 1. The quantitative estimate of drug-likeness (QED) is 0.821. The molecule has 2 rings (SSSR count). The second-order valence-electron chi connectivity index (χ2n) is 4.66. The summed E-state index contributed by atoms with van der Waals surface area (Å²) in [5.74, 6) is 0.573. The van der Waals surface area contributed by atoms with Gasteiger partial charge in [-0.3, -0.25) is 0 Å². The molecule has 0 fully saturated rings. The monoisotopic (exact) mass is 325 g/mol. The summed E-state index contributed by atoms with van der Waals surface area (Å²) in [6.07, 6.45) is 2.45. The number of rotatable bonds is 7. The topological polar surface area (TPSA) is 71.1 Å². The molecule has 2 heterocycles. The fourth-order valence-electron chi connectivity index (χ4n) is 1.82. The average molecular weight is 325 g/mol. The van der Waals surface area contributed by atoms with Crippen LogP contribution in [-0.2, 0) is 10.0 Å². The van der Waals surface area contributed by atoms with Gasteiger partial charge in [-0.2, -0.15) is 0 Å². The first-order valence-corrected chi connectivity index (χ1v) is 9.15. The fraction of sp³-hybridized carbons (Fsp3) is 0.357. The lowest BCUT2D eigenvalue weighted by atomic mass is 10.3. The van der Waals surface area contributed by atoms with E-state index in [1.54, 1.807) is 6.07 Å². The highest BCUT2D eigenvalue weighted by Gasteiger charge is 2.19. The Morgan fingerprint density at radius 3 is 2.86 bits per heavy atom. The van der Waals surface area contributed by atoms with Crippen LogP contribution in [-0.4, -0.2) is 19.9 Å². The van der Waals surface area contributed by atoms with Crippen molar-refractivity contribution in [3.05, 3.63) is 40.7 Å². The number of nitrogens with one attached hydrogen (secondary N) is 2. The molecule has 7 heteroatoms. The molecular formula is C14H19N3O2S2. The Labute approximate surface area is 129 Å². The number of nitrogens with zero attached hydrogens (tertiary/aromatic N) is 1. The predicted octanol–water partition coefficient (Wildman–Crippen LogP) is 3.00. The van der Waals surface area contributed by atoms with Crippen molar-refractivity contribution in [2.75, 3.05) is 11.9 Å². The maximum absolute atomic E-state index is 12.4. The van der Waals surface area contributed by atoms with Crippen LogP contribution >= 0.6 is 11.3 Å². The number of anilines is 1. The predicted molar refractivity (Wildman–Crippen MR) is 86.1 cm³/mol. The molecule has 0 spiro atoms. The van der Waals surface area contributed by atoms with Gasteiger partial charge >= 0.3 is 0 Å². The number of hydrogen-bond donors (Lipinski definition) is 2. The molecule has 5 nitrogen and oxygen atoms in total. The van der Waals surface area contributed by atoms with E-state index in [9.17, 15) is 8.42 Å². The van der Waals surface area contributed by atoms with E-state index in [-0.39, 0.29) is 10.9 Å².